The van der Waals surface area contributed by atoms with Crippen LogP contribution in [0.1, 0.15) is 150 Å². The Bertz CT molecular complexity index is 3560. The first-order valence-electron chi connectivity index (χ1n) is 32.3. The van der Waals surface area contributed by atoms with E-state index in [1.807, 2.05) is 74.5 Å². The molecule has 5 heterocycles. The van der Waals surface area contributed by atoms with E-state index in [1.54, 1.807) is 93.5 Å². The minimum atomic E-state index is -1.78. The number of pyridine rings is 2. The summed E-state index contributed by atoms with van der Waals surface area (Å²) in [5.74, 6) is -5.25. The standard InChI is InChI=1S/C38H52Cl3N5O9.C31H41N5O6/c1-22(2)30(31(47)42-24(4)32(48)46-18-10-11-28(45-46)33(49)53-21-38(39,40)41)54-34(50)37(8,20-52-9)17-16-25-12-13-26-14-15-27(44-29(26)19-25)23(3)43-35(51)55-36(5,6)7;1-18(2)26-28(38)33-20(4)29(39)36-15-7-8-24(35-36)27(37)32-19(3)23-12-11-22-10-9-21(16-25(22)34-23)13-14-31(5,17-41-6)30(40)42-26/h12-17,19,22-24,28,30,45H,10-11,18,20-21H2,1-9H3,(H,42,47)(H,43,51);9-14,16,18-20,24,26,35H,7-8,15,17H2,1-6H3,(H,32,37)(H,33,38)/b17-16+;14-13+/t23-,24+,28+,30+,37+;19-,20+,24+,26+,31+/m11/s1. The van der Waals surface area contributed by atoms with E-state index in [9.17, 15) is 43.2 Å². The zero-order valence-corrected chi connectivity index (χ0v) is 60.0. The van der Waals surface area contributed by atoms with Gasteiger partial charge in [-0.3, -0.25) is 58.3 Å². The second-order valence-electron chi connectivity index (χ2n) is 26.8. The number of nitrogens with one attached hydrogen (secondary N) is 6. The number of carbonyl (C=O) groups is 9. The number of ether oxygens (including phenoxy) is 6. The molecule has 6 N–H and O–H groups in total. The molecule has 5 bridgehead atoms. The SMILES string of the molecule is COC[C@](C)(/C=C/c1ccc2ccc([C@@H](C)NC(=O)OC(C)(C)C)nc2c1)C(=O)O[C@H](C(=O)N[C@@H](C)C(=O)N1CCC[C@@H](C(=O)OCC(Cl)(Cl)Cl)N1)C(C)C.COC[C@]1(C)/C=C/c2ccc3ccc(nc3c2)[C@@H](C)NC(=O)[C@@H]2CCCN(N2)C(=O)[C@H](C)NC(=O)[C@H](C(C)C)OC1=O. The van der Waals surface area contributed by atoms with Crippen LogP contribution in [0.5, 0.6) is 0 Å². The number of benzene rings is 2. The van der Waals surface area contributed by atoms with E-state index in [0.29, 0.717) is 49.1 Å². The molecule has 2 aromatic heterocycles. The van der Waals surface area contributed by atoms with Crippen LogP contribution in [0.25, 0.3) is 34.0 Å². The number of hydrazine groups is 2. The molecule has 0 unspecified atom stereocenters. The molecule has 0 spiro atoms. The Morgan fingerprint density at radius 3 is 2.08 bits per heavy atom. The lowest BCUT2D eigenvalue weighted by Gasteiger charge is -2.35. The van der Waals surface area contributed by atoms with E-state index in [0.717, 1.165) is 27.4 Å². The fourth-order valence-electron chi connectivity index (χ4n) is 10.6. The summed E-state index contributed by atoms with van der Waals surface area (Å²) in [6.07, 6.45) is 5.99. The van der Waals surface area contributed by atoms with Crippen molar-refractivity contribution in [3.63, 3.8) is 0 Å². The molecule has 4 aromatic rings. The molecule has 6 amide bonds. The maximum Gasteiger partial charge on any atom is 0.408 e. The zero-order valence-electron chi connectivity index (χ0n) is 57.8. The van der Waals surface area contributed by atoms with E-state index < -0.39 is 123 Å². The summed E-state index contributed by atoms with van der Waals surface area (Å²) in [5.41, 5.74) is 6.96. The minimum absolute atomic E-state index is 0.0264. The van der Waals surface area contributed by atoms with Gasteiger partial charge < -0.3 is 49.7 Å². The van der Waals surface area contributed by atoms with Gasteiger partial charge in [0.25, 0.3) is 23.6 Å². The second kappa shape index (κ2) is 34.3. The number of alkyl carbamates (subject to hydrolysis) is 1. The van der Waals surface area contributed by atoms with Crippen LogP contribution in [0.2, 0.25) is 0 Å². The first-order chi connectivity index (χ1) is 45.4. The zero-order chi connectivity index (χ0) is 71.9. The fraction of sp³-hybridized carbons (Fsp3) is 0.551. The summed E-state index contributed by atoms with van der Waals surface area (Å²) in [6.45, 7) is 22.6. The van der Waals surface area contributed by atoms with Crippen LogP contribution in [0.15, 0.2) is 72.8 Å². The summed E-state index contributed by atoms with van der Waals surface area (Å²) >= 11 is 17.0. The number of hydrogen-bond acceptors (Lipinski definition) is 19. The Hall–Kier alpha value is -7.52. The smallest absolute Gasteiger partial charge is 0.408 e. The van der Waals surface area contributed by atoms with Crippen LogP contribution in [0.4, 0.5) is 4.79 Å². The van der Waals surface area contributed by atoms with Crippen molar-refractivity contribution in [2.24, 2.45) is 22.7 Å². The lowest BCUT2D eigenvalue weighted by Crippen LogP contribution is -2.61. The largest absolute Gasteiger partial charge is 0.460 e. The van der Waals surface area contributed by atoms with Crippen molar-refractivity contribution in [1.82, 2.24) is 52.1 Å². The summed E-state index contributed by atoms with van der Waals surface area (Å²) in [7, 11) is 2.94. The molecule has 28 heteroatoms. The second-order valence-corrected chi connectivity index (χ2v) is 29.3. The highest BCUT2D eigenvalue weighted by atomic mass is 35.6. The van der Waals surface area contributed by atoms with Gasteiger partial charge in [0.15, 0.2) is 12.2 Å². The molecular formula is C69H93Cl3N10O15. The highest BCUT2D eigenvalue weighted by molar-refractivity contribution is 6.67. The number of alkyl halides is 3. The van der Waals surface area contributed by atoms with Gasteiger partial charge in [-0.15, -0.1) is 0 Å². The molecule has 0 saturated carbocycles. The molecule has 2 fully saturated rings. The first kappa shape index (κ1) is 78.5. The molecule has 25 nitrogen and oxygen atoms in total. The summed E-state index contributed by atoms with van der Waals surface area (Å²) in [5, 5.41) is 15.6. The third-order valence-electron chi connectivity index (χ3n) is 16.1. The monoisotopic (exact) mass is 1410 g/mol. The van der Waals surface area contributed by atoms with E-state index in [2.05, 4.69) is 32.1 Å². The van der Waals surface area contributed by atoms with Crippen molar-refractivity contribution in [2.45, 2.75) is 174 Å². The van der Waals surface area contributed by atoms with Crippen LogP contribution in [-0.4, -0.2) is 166 Å². The van der Waals surface area contributed by atoms with Crippen molar-refractivity contribution >= 4 is 122 Å². The van der Waals surface area contributed by atoms with Gasteiger partial charge >= 0.3 is 24.0 Å². The Morgan fingerprint density at radius 1 is 0.784 bits per heavy atom. The summed E-state index contributed by atoms with van der Waals surface area (Å²) in [4.78, 5) is 128. The van der Waals surface area contributed by atoms with Crippen molar-refractivity contribution in [3.05, 3.63) is 95.3 Å². The van der Waals surface area contributed by atoms with Crippen molar-refractivity contribution in [3.8, 4) is 0 Å². The lowest BCUT2D eigenvalue weighted by atomic mass is 9.90. The molecule has 0 aliphatic carbocycles. The molecular weight excluding hydrogens is 1320 g/mol. The van der Waals surface area contributed by atoms with E-state index in [4.69, 9.17) is 73.2 Å². The Balaban J connectivity index is 0.000000317. The molecule has 7 rings (SSSR count). The average Bonchev–Trinajstić information content (AvgIpc) is 1.25. The number of rotatable bonds is 17. The number of amides is 6. The number of aromatic nitrogens is 2. The van der Waals surface area contributed by atoms with Gasteiger partial charge in [0.05, 0.1) is 47.7 Å². The third kappa shape index (κ3) is 22.5. The van der Waals surface area contributed by atoms with Gasteiger partial charge in [0.1, 0.15) is 47.2 Å². The predicted octanol–water partition coefficient (Wildman–Crippen LogP) is 8.63. The molecule has 97 heavy (non-hydrogen) atoms. The maximum absolute atomic E-state index is 13.7. The van der Waals surface area contributed by atoms with Crippen LogP contribution >= 0.6 is 34.8 Å². The number of nitrogens with zero attached hydrogens (tertiary/aromatic N) is 4. The number of halogens is 3. The molecule has 530 valence electrons. The summed E-state index contributed by atoms with van der Waals surface area (Å²) in [6, 6.07) is 14.7. The van der Waals surface area contributed by atoms with Crippen molar-refractivity contribution in [2.75, 3.05) is 47.1 Å². The number of fused-ring (bicyclic) bond motifs is 5. The first-order valence-corrected chi connectivity index (χ1v) is 33.5. The topological polar surface area (TPSA) is 313 Å². The minimum Gasteiger partial charge on any atom is -0.460 e. The molecule has 10 atom stereocenters. The third-order valence-corrected chi connectivity index (χ3v) is 16.4. The van der Waals surface area contributed by atoms with E-state index in [1.165, 1.54) is 31.2 Å². The molecule has 2 aromatic carbocycles. The van der Waals surface area contributed by atoms with Crippen LogP contribution in [-0.2, 0) is 66.8 Å². The van der Waals surface area contributed by atoms with Crippen LogP contribution < -0.4 is 32.1 Å². The Morgan fingerprint density at radius 2 is 1.43 bits per heavy atom. The Labute approximate surface area is 581 Å². The van der Waals surface area contributed by atoms with Gasteiger partial charge in [0.2, 0.25) is 9.70 Å². The lowest BCUT2D eigenvalue weighted by molar-refractivity contribution is -0.168. The average molecular weight is 1410 g/mol. The quantitative estimate of drug-likeness (QED) is 0.0327. The highest BCUT2D eigenvalue weighted by Gasteiger charge is 2.41. The maximum atomic E-state index is 13.7. The number of carbonyl (C=O) groups excluding carboxylic acids is 9. The van der Waals surface area contributed by atoms with Gasteiger partial charge in [0, 0.05) is 38.1 Å². The van der Waals surface area contributed by atoms with Crippen LogP contribution in [0, 0.1) is 22.7 Å². The van der Waals surface area contributed by atoms with E-state index >= 15 is 0 Å². The number of esters is 3. The normalized spacial score (nSPS) is 22.6. The van der Waals surface area contributed by atoms with Gasteiger partial charge in [-0.2, -0.15) is 0 Å². The number of hydrogen-bond donors (Lipinski definition) is 6. The summed E-state index contributed by atoms with van der Waals surface area (Å²) < 4.78 is 31.0. The van der Waals surface area contributed by atoms with Crippen molar-refractivity contribution in [1.29, 1.82) is 0 Å². The number of cyclic esters (lactones) is 1. The van der Waals surface area contributed by atoms with Gasteiger partial charge in [-0.25, -0.2) is 15.6 Å². The fourth-order valence-corrected chi connectivity index (χ4v) is 10.8. The van der Waals surface area contributed by atoms with Crippen molar-refractivity contribution < 1.29 is 71.6 Å². The predicted molar refractivity (Wildman–Crippen MR) is 367 cm³/mol. The van der Waals surface area contributed by atoms with E-state index in [-0.39, 0.29) is 37.6 Å². The molecule has 3 aliphatic rings. The Kier molecular flexibility index (Phi) is 27.8. The van der Waals surface area contributed by atoms with Gasteiger partial charge in [-0.1, -0.05) is 123 Å². The number of methoxy groups -OCH3 is 2. The van der Waals surface area contributed by atoms with Crippen LogP contribution in [0.3, 0.4) is 0 Å². The highest BCUT2D eigenvalue weighted by Crippen LogP contribution is 2.30. The van der Waals surface area contributed by atoms with Gasteiger partial charge in [-0.05, 0) is 135 Å². The molecule has 3 aliphatic heterocycles. The molecule has 2 saturated heterocycles. The molecule has 0 radical (unpaired) electrons.